The van der Waals surface area contributed by atoms with E-state index in [1.54, 1.807) is 17.3 Å². The number of aryl methyl sites for hydroxylation is 1. The monoisotopic (exact) mass is 526 g/mol. The molecule has 0 saturated carbocycles. The SMILES string of the molecule is Cc1cnc(C(=O)N2CCC3(CC2)OC(C(=O)NCC(C)C)Cn2ccnc23)cn1.O=C(O)C(F)(F)F. The molecule has 2 amide bonds. The third-order valence-electron chi connectivity index (χ3n) is 5.93. The smallest absolute Gasteiger partial charge is 0.475 e. The number of imidazole rings is 1. The summed E-state index contributed by atoms with van der Waals surface area (Å²) < 4.78 is 40.1. The first-order valence-electron chi connectivity index (χ1n) is 11.7. The van der Waals surface area contributed by atoms with Crippen LogP contribution in [0.25, 0.3) is 0 Å². The molecule has 2 aromatic heterocycles. The quantitative estimate of drug-likeness (QED) is 0.616. The number of carbonyl (C=O) groups excluding carboxylic acids is 2. The molecule has 1 unspecified atom stereocenters. The highest BCUT2D eigenvalue weighted by molar-refractivity contribution is 5.92. The highest BCUT2D eigenvalue weighted by Crippen LogP contribution is 2.40. The summed E-state index contributed by atoms with van der Waals surface area (Å²) in [5, 5.41) is 10.1. The Morgan fingerprint density at radius 1 is 1.19 bits per heavy atom. The number of hydrogen-bond donors (Lipinski definition) is 2. The van der Waals surface area contributed by atoms with Gasteiger partial charge in [-0.05, 0) is 12.8 Å². The Hall–Kier alpha value is -3.55. The van der Waals surface area contributed by atoms with Gasteiger partial charge in [0.1, 0.15) is 17.1 Å². The maximum atomic E-state index is 12.8. The van der Waals surface area contributed by atoms with Gasteiger partial charge in [0.2, 0.25) is 0 Å². The number of nitrogens with zero attached hydrogens (tertiary/aromatic N) is 5. The lowest BCUT2D eigenvalue weighted by Crippen LogP contribution is -2.55. The molecule has 0 bridgehead atoms. The Labute approximate surface area is 211 Å². The molecule has 4 heterocycles. The van der Waals surface area contributed by atoms with Gasteiger partial charge in [-0.3, -0.25) is 14.6 Å². The lowest BCUT2D eigenvalue weighted by Gasteiger charge is -2.45. The van der Waals surface area contributed by atoms with Crippen LogP contribution in [0.2, 0.25) is 0 Å². The van der Waals surface area contributed by atoms with Crippen LogP contribution in [0.1, 0.15) is 48.7 Å². The number of rotatable bonds is 4. The second-order valence-electron chi connectivity index (χ2n) is 9.28. The number of carbonyl (C=O) groups is 3. The van der Waals surface area contributed by atoms with E-state index in [4.69, 9.17) is 14.6 Å². The first-order chi connectivity index (χ1) is 17.3. The summed E-state index contributed by atoms with van der Waals surface area (Å²) in [7, 11) is 0. The van der Waals surface area contributed by atoms with E-state index in [1.807, 2.05) is 17.7 Å². The van der Waals surface area contributed by atoms with Crippen LogP contribution in [0.3, 0.4) is 0 Å². The van der Waals surface area contributed by atoms with Crippen LogP contribution in [0.15, 0.2) is 24.8 Å². The van der Waals surface area contributed by atoms with Gasteiger partial charge in [0.05, 0.1) is 18.4 Å². The normalized spacial score (nSPS) is 18.6. The van der Waals surface area contributed by atoms with Crippen molar-refractivity contribution < 1.29 is 37.4 Å². The minimum Gasteiger partial charge on any atom is -0.475 e. The molecule has 1 spiro atoms. The zero-order valence-electron chi connectivity index (χ0n) is 20.7. The van der Waals surface area contributed by atoms with E-state index in [0.717, 1.165) is 11.5 Å². The van der Waals surface area contributed by atoms with Crippen LogP contribution in [0.4, 0.5) is 13.2 Å². The minimum atomic E-state index is -5.08. The summed E-state index contributed by atoms with van der Waals surface area (Å²) in [5.74, 6) is -1.79. The van der Waals surface area contributed by atoms with Crippen LogP contribution in [-0.4, -0.2) is 79.2 Å². The van der Waals surface area contributed by atoms with Crippen LogP contribution in [0, 0.1) is 12.8 Å². The molecule has 1 atom stereocenters. The van der Waals surface area contributed by atoms with Crippen molar-refractivity contribution in [1.82, 2.24) is 29.7 Å². The van der Waals surface area contributed by atoms with E-state index in [1.165, 1.54) is 6.20 Å². The third kappa shape index (κ3) is 6.81. The maximum absolute atomic E-state index is 12.8. The van der Waals surface area contributed by atoms with Crippen LogP contribution < -0.4 is 5.32 Å². The summed E-state index contributed by atoms with van der Waals surface area (Å²) in [4.78, 5) is 49.0. The number of hydrogen-bond acceptors (Lipinski definition) is 7. The number of aliphatic carboxylic acids is 1. The fourth-order valence-corrected chi connectivity index (χ4v) is 4.03. The molecule has 2 aliphatic rings. The molecule has 0 radical (unpaired) electrons. The number of carboxylic acid groups (broad SMARTS) is 1. The zero-order chi connectivity index (χ0) is 27.4. The highest BCUT2D eigenvalue weighted by Gasteiger charge is 2.47. The minimum absolute atomic E-state index is 0.101. The topological polar surface area (TPSA) is 140 Å². The van der Waals surface area contributed by atoms with Gasteiger partial charge in [-0.15, -0.1) is 0 Å². The predicted octanol–water partition coefficient (Wildman–Crippen LogP) is 1.92. The van der Waals surface area contributed by atoms with Gasteiger partial charge in [0, 0.05) is 51.1 Å². The van der Waals surface area contributed by atoms with Gasteiger partial charge in [-0.25, -0.2) is 14.8 Å². The maximum Gasteiger partial charge on any atom is 0.490 e. The molecule has 14 heteroatoms. The number of fused-ring (bicyclic) bond motifs is 2. The third-order valence-corrected chi connectivity index (χ3v) is 5.93. The molecule has 1 fully saturated rings. The van der Waals surface area contributed by atoms with Crippen LogP contribution >= 0.6 is 0 Å². The molecule has 2 N–H and O–H groups in total. The summed E-state index contributed by atoms with van der Waals surface area (Å²) >= 11 is 0. The number of amides is 2. The van der Waals surface area contributed by atoms with E-state index in [0.29, 0.717) is 50.6 Å². The molecule has 0 aromatic carbocycles. The number of halogens is 3. The fraction of sp³-hybridized carbons (Fsp3) is 0.565. The van der Waals surface area contributed by atoms with Crippen molar-refractivity contribution >= 4 is 17.8 Å². The summed E-state index contributed by atoms with van der Waals surface area (Å²) in [6.45, 7) is 8.02. The molecule has 11 nitrogen and oxygen atoms in total. The van der Waals surface area contributed by atoms with Crippen LogP contribution in [0.5, 0.6) is 0 Å². The molecule has 1 saturated heterocycles. The molecule has 4 rings (SSSR count). The van der Waals surface area contributed by atoms with Crippen molar-refractivity contribution in [3.05, 3.63) is 42.0 Å². The summed E-state index contributed by atoms with van der Waals surface area (Å²) in [6, 6.07) is 0. The molecule has 2 aliphatic heterocycles. The Kier molecular flexibility index (Phi) is 8.51. The first-order valence-corrected chi connectivity index (χ1v) is 11.7. The highest BCUT2D eigenvalue weighted by atomic mass is 19.4. The zero-order valence-corrected chi connectivity index (χ0v) is 20.7. The summed E-state index contributed by atoms with van der Waals surface area (Å²) in [6.07, 6.45) is 2.24. The number of aromatic nitrogens is 4. The van der Waals surface area contributed by atoms with Gasteiger partial charge in [0.15, 0.2) is 6.10 Å². The predicted molar refractivity (Wildman–Crippen MR) is 122 cm³/mol. The number of piperidine rings is 1. The number of alkyl halides is 3. The lowest BCUT2D eigenvalue weighted by molar-refractivity contribution is -0.192. The Bertz CT molecular complexity index is 1110. The molecular formula is C23H29F3N6O5. The largest absolute Gasteiger partial charge is 0.490 e. The van der Waals surface area contributed by atoms with E-state index in [9.17, 15) is 22.8 Å². The van der Waals surface area contributed by atoms with E-state index < -0.39 is 23.9 Å². The summed E-state index contributed by atoms with van der Waals surface area (Å²) in [5.41, 5.74) is 0.444. The van der Waals surface area contributed by atoms with E-state index >= 15 is 0 Å². The Morgan fingerprint density at radius 3 is 2.38 bits per heavy atom. The fourth-order valence-electron chi connectivity index (χ4n) is 4.03. The van der Waals surface area contributed by atoms with Gasteiger partial charge in [-0.1, -0.05) is 13.8 Å². The molecule has 0 aliphatic carbocycles. The number of likely N-dealkylation sites (tertiary alicyclic amines) is 1. The van der Waals surface area contributed by atoms with Gasteiger partial charge in [0.25, 0.3) is 11.8 Å². The second-order valence-corrected chi connectivity index (χ2v) is 9.28. The first kappa shape index (κ1) is 28.0. The number of nitrogens with one attached hydrogen (secondary N) is 1. The van der Waals surface area contributed by atoms with Gasteiger partial charge < -0.3 is 24.6 Å². The van der Waals surface area contributed by atoms with Crippen molar-refractivity contribution in [3.63, 3.8) is 0 Å². The standard InChI is InChI=1S/C21H28N6O3.C2HF3O2/c1-14(2)10-25-18(28)17-13-27-9-6-22-20(27)21(30-17)4-7-26(8-5-21)19(29)16-12-23-15(3)11-24-16;3-2(4,5)1(6)7/h6,9,11-12,14,17H,4-5,7-8,10,13H2,1-3H3,(H,25,28);(H,6,7). The average molecular weight is 527 g/mol. The van der Waals surface area contributed by atoms with E-state index in [-0.39, 0.29) is 11.8 Å². The van der Waals surface area contributed by atoms with E-state index in [2.05, 4.69) is 34.1 Å². The molecule has 37 heavy (non-hydrogen) atoms. The Morgan fingerprint density at radius 2 is 1.84 bits per heavy atom. The van der Waals surface area contributed by atoms with Crippen molar-refractivity contribution in [1.29, 1.82) is 0 Å². The second kappa shape index (κ2) is 11.2. The molecular weight excluding hydrogens is 497 g/mol. The lowest BCUT2D eigenvalue weighted by atomic mass is 9.88. The van der Waals surface area contributed by atoms with Crippen molar-refractivity contribution in [2.75, 3.05) is 19.6 Å². The number of ether oxygens (including phenoxy) is 1. The average Bonchev–Trinajstić information content (AvgIpc) is 3.33. The Balaban J connectivity index is 0.000000479. The molecule has 2 aromatic rings. The number of carboxylic acids is 1. The van der Waals surface area contributed by atoms with Gasteiger partial charge >= 0.3 is 12.1 Å². The van der Waals surface area contributed by atoms with Crippen molar-refractivity contribution in [2.45, 2.75) is 58.0 Å². The van der Waals surface area contributed by atoms with Gasteiger partial charge in [-0.2, -0.15) is 13.2 Å². The van der Waals surface area contributed by atoms with Crippen LogP contribution in [-0.2, 0) is 26.5 Å². The molecule has 202 valence electrons. The van der Waals surface area contributed by atoms with Crippen molar-refractivity contribution in [2.24, 2.45) is 5.92 Å². The van der Waals surface area contributed by atoms with Crippen molar-refractivity contribution in [3.8, 4) is 0 Å².